The Hall–Kier alpha value is -2.68. The van der Waals surface area contributed by atoms with Crippen LogP contribution in [-0.2, 0) is 4.79 Å². The van der Waals surface area contributed by atoms with Crippen molar-refractivity contribution < 1.29 is 9.18 Å². The maximum absolute atomic E-state index is 13.8. The number of nitrogens with zero attached hydrogens (tertiary/aromatic N) is 3. The smallest absolute Gasteiger partial charge is 0.222 e. The molecule has 2 aromatic rings. The predicted molar refractivity (Wildman–Crippen MR) is 80.7 cm³/mol. The number of fused-ring (bicyclic) bond motifs is 1. The Labute approximate surface area is 127 Å². The lowest BCUT2D eigenvalue weighted by Crippen LogP contribution is -2.27. The van der Waals surface area contributed by atoms with Gasteiger partial charge in [0.1, 0.15) is 11.9 Å². The molecule has 0 bridgehead atoms. The van der Waals surface area contributed by atoms with Crippen LogP contribution in [-0.4, -0.2) is 24.0 Å². The van der Waals surface area contributed by atoms with E-state index in [0.717, 1.165) is 0 Å². The van der Waals surface area contributed by atoms with Crippen molar-refractivity contribution in [1.82, 2.24) is 4.98 Å². The molecule has 6 heteroatoms. The van der Waals surface area contributed by atoms with Crippen LogP contribution in [0.1, 0.15) is 17.5 Å². The number of aryl methyl sites for hydroxylation is 1. The van der Waals surface area contributed by atoms with E-state index in [1.165, 1.54) is 18.3 Å². The minimum Gasteiger partial charge on any atom is -0.369 e. The molecule has 0 saturated carbocycles. The summed E-state index contributed by atoms with van der Waals surface area (Å²) in [4.78, 5) is 17.6. The van der Waals surface area contributed by atoms with Crippen molar-refractivity contribution in [3.8, 4) is 6.07 Å². The number of nitriles is 1. The van der Waals surface area contributed by atoms with Crippen molar-refractivity contribution in [3.05, 3.63) is 35.3 Å². The summed E-state index contributed by atoms with van der Waals surface area (Å²) in [6.45, 7) is 2.83. The number of hydrogen-bond donors (Lipinski definition) is 1. The maximum atomic E-state index is 13.8. The van der Waals surface area contributed by atoms with E-state index >= 15 is 0 Å². The van der Waals surface area contributed by atoms with Gasteiger partial charge in [0.15, 0.2) is 0 Å². The lowest BCUT2D eigenvalue weighted by molar-refractivity contribution is -0.121. The summed E-state index contributed by atoms with van der Waals surface area (Å²) in [6.07, 6.45) is 2.14. The summed E-state index contributed by atoms with van der Waals surface area (Å²) >= 11 is 0. The fourth-order valence-electron chi connectivity index (χ4n) is 3.04. The molecule has 3 rings (SSSR count). The number of anilines is 1. The standard InChI is InChI=1S/C16H15FN4O/c1-9-4-12(17)5-13-14(9)20-7-11(6-18)15(13)21-3-2-10(8-21)16(19)22/h4-5,7,10H,2-3,8H2,1H3,(H2,19,22). The van der Waals surface area contributed by atoms with Gasteiger partial charge in [0.25, 0.3) is 0 Å². The number of halogens is 1. The molecule has 1 saturated heterocycles. The zero-order valence-electron chi connectivity index (χ0n) is 12.1. The van der Waals surface area contributed by atoms with Crippen LogP contribution in [0.15, 0.2) is 18.3 Å². The molecular formula is C16H15FN4O. The molecule has 1 amide bonds. The second-order valence-electron chi connectivity index (χ2n) is 5.59. The average molecular weight is 298 g/mol. The third kappa shape index (κ3) is 2.25. The second kappa shape index (κ2) is 5.26. The number of hydrogen-bond acceptors (Lipinski definition) is 4. The van der Waals surface area contributed by atoms with Crippen LogP contribution in [0.2, 0.25) is 0 Å². The van der Waals surface area contributed by atoms with E-state index < -0.39 is 0 Å². The van der Waals surface area contributed by atoms with Crippen molar-refractivity contribution >= 4 is 22.5 Å². The van der Waals surface area contributed by atoms with Crippen LogP contribution in [0.3, 0.4) is 0 Å². The van der Waals surface area contributed by atoms with Gasteiger partial charge in [-0.25, -0.2) is 4.39 Å². The molecule has 0 aliphatic carbocycles. The fourth-order valence-corrected chi connectivity index (χ4v) is 3.04. The topological polar surface area (TPSA) is 83.0 Å². The molecule has 0 spiro atoms. The first kappa shape index (κ1) is 14.3. The Morgan fingerprint density at radius 2 is 2.32 bits per heavy atom. The van der Waals surface area contributed by atoms with E-state index in [1.54, 1.807) is 6.92 Å². The molecule has 1 aliphatic rings. The van der Waals surface area contributed by atoms with Gasteiger partial charge in [0, 0.05) is 24.7 Å². The third-order valence-electron chi connectivity index (χ3n) is 4.13. The van der Waals surface area contributed by atoms with E-state index in [-0.39, 0.29) is 17.6 Å². The first-order chi connectivity index (χ1) is 10.5. The van der Waals surface area contributed by atoms with Gasteiger partial charge in [0.05, 0.1) is 22.7 Å². The van der Waals surface area contributed by atoms with Gasteiger partial charge in [-0.15, -0.1) is 0 Å². The van der Waals surface area contributed by atoms with Crippen LogP contribution < -0.4 is 10.6 Å². The molecule has 2 N–H and O–H groups in total. The Bertz CT molecular complexity index is 812. The minimum absolute atomic E-state index is 0.246. The molecular weight excluding hydrogens is 283 g/mol. The lowest BCUT2D eigenvalue weighted by atomic mass is 10.1. The van der Waals surface area contributed by atoms with Gasteiger partial charge in [-0.1, -0.05) is 0 Å². The maximum Gasteiger partial charge on any atom is 0.222 e. The van der Waals surface area contributed by atoms with Gasteiger partial charge < -0.3 is 10.6 Å². The van der Waals surface area contributed by atoms with Gasteiger partial charge in [-0.3, -0.25) is 9.78 Å². The average Bonchev–Trinajstić information content (AvgIpc) is 2.95. The number of aromatic nitrogens is 1. The van der Waals surface area contributed by atoms with Crippen molar-refractivity contribution in [2.75, 3.05) is 18.0 Å². The van der Waals surface area contributed by atoms with Crippen molar-refractivity contribution in [3.63, 3.8) is 0 Å². The first-order valence-corrected chi connectivity index (χ1v) is 7.04. The molecule has 0 radical (unpaired) electrons. The number of carbonyl (C=O) groups is 1. The Morgan fingerprint density at radius 1 is 1.55 bits per heavy atom. The largest absolute Gasteiger partial charge is 0.369 e. The number of rotatable bonds is 2. The fraction of sp³-hybridized carbons (Fsp3) is 0.312. The molecule has 1 fully saturated rings. The zero-order valence-corrected chi connectivity index (χ0v) is 12.1. The third-order valence-corrected chi connectivity index (χ3v) is 4.13. The number of carbonyl (C=O) groups excluding carboxylic acids is 1. The van der Waals surface area contributed by atoms with Crippen molar-refractivity contribution in [1.29, 1.82) is 5.26 Å². The SMILES string of the molecule is Cc1cc(F)cc2c(N3CCC(C(N)=O)C3)c(C#N)cnc12. The highest BCUT2D eigenvalue weighted by Crippen LogP contribution is 2.34. The monoisotopic (exact) mass is 298 g/mol. The van der Waals surface area contributed by atoms with E-state index in [1.807, 2.05) is 4.90 Å². The summed E-state index contributed by atoms with van der Waals surface area (Å²) < 4.78 is 13.8. The molecule has 22 heavy (non-hydrogen) atoms. The molecule has 5 nitrogen and oxygen atoms in total. The summed E-state index contributed by atoms with van der Waals surface area (Å²) in [5.41, 5.74) is 7.76. The number of primary amides is 1. The summed E-state index contributed by atoms with van der Waals surface area (Å²) in [7, 11) is 0. The number of amides is 1. The van der Waals surface area contributed by atoms with Crippen LogP contribution in [0, 0.1) is 30.0 Å². The van der Waals surface area contributed by atoms with E-state index in [9.17, 15) is 14.4 Å². The molecule has 112 valence electrons. The molecule has 1 aliphatic heterocycles. The Kier molecular flexibility index (Phi) is 3.41. The van der Waals surface area contributed by atoms with E-state index in [0.29, 0.717) is 47.2 Å². The van der Waals surface area contributed by atoms with Crippen LogP contribution in [0.25, 0.3) is 10.9 Å². The minimum atomic E-state index is -0.367. The van der Waals surface area contributed by atoms with E-state index in [2.05, 4.69) is 11.1 Å². The van der Waals surface area contributed by atoms with Crippen LogP contribution in [0.4, 0.5) is 10.1 Å². The summed E-state index contributed by atoms with van der Waals surface area (Å²) in [5, 5.41) is 9.95. The van der Waals surface area contributed by atoms with Crippen LogP contribution in [0.5, 0.6) is 0 Å². The number of pyridine rings is 1. The van der Waals surface area contributed by atoms with Gasteiger partial charge in [-0.05, 0) is 31.0 Å². The highest BCUT2D eigenvalue weighted by molar-refractivity contribution is 5.96. The number of benzene rings is 1. The second-order valence-corrected chi connectivity index (χ2v) is 5.59. The Morgan fingerprint density at radius 3 is 2.95 bits per heavy atom. The van der Waals surface area contributed by atoms with Crippen LogP contribution >= 0.6 is 0 Å². The molecule has 1 aromatic heterocycles. The quantitative estimate of drug-likeness (QED) is 0.917. The molecule has 1 atom stereocenters. The highest BCUT2D eigenvalue weighted by Gasteiger charge is 2.29. The molecule has 1 unspecified atom stereocenters. The van der Waals surface area contributed by atoms with Gasteiger partial charge in [0.2, 0.25) is 5.91 Å². The van der Waals surface area contributed by atoms with Gasteiger partial charge in [-0.2, -0.15) is 5.26 Å². The van der Waals surface area contributed by atoms with Crippen molar-refractivity contribution in [2.45, 2.75) is 13.3 Å². The normalized spacial score (nSPS) is 17.7. The molecule has 1 aromatic carbocycles. The van der Waals surface area contributed by atoms with E-state index in [4.69, 9.17) is 5.73 Å². The van der Waals surface area contributed by atoms with Gasteiger partial charge >= 0.3 is 0 Å². The number of nitrogens with two attached hydrogens (primary N) is 1. The van der Waals surface area contributed by atoms with Crippen molar-refractivity contribution in [2.24, 2.45) is 11.7 Å². The Balaban J connectivity index is 2.19. The summed E-state index contributed by atoms with van der Waals surface area (Å²) in [5.74, 6) is -0.958. The predicted octanol–water partition coefficient (Wildman–Crippen LogP) is 1.87. The summed E-state index contributed by atoms with van der Waals surface area (Å²) in [6, 6.07) is 4.91. The lowest BCUT2D eigenvalue weighted by Gasteiger charge is -2.22. The molecule has 2 heterocycles. The highest BCUT2D eigenvalue weighted by atomic mass is 19.1. The first-order valence-electron chi connectivity index (χ1n) is 7.04. The zero-order chi connectivity index (χ0) is 15.9.